The van der Waals surface area contributed by atoms with Crippen LogP contribution in [0.4, 0.5) is 0 Å². The molecule has 16 heavy (non-hydrogen) atoms. The van der Waals surface area contributed by atoms with Crippen molar-refractivity contribution in [3.63, 3.8) is 0 Å². The van der Waals surface area contributed by atoms with E-state index in [0.717, 1.165) is 25.7 Å². The van der Waals surface area contributed by atoms with Gasteiger partial charge in [0.25, 0.3) is 0 Å². The lowest BCUT2D eigenvalue weighted by molar-refractivity contribution is -0.154. The van der Waals surface area contributed by atoms with Gasteiger partial charge in [-0.2, -0.15) is 0 Å². The van der Waals surface area contributed by atoms with Gasteiger partial charge < -0.3 is 9.84 Å². The van der Waals surface area contributed by atoms with Crippen LogP contribution in [0.3, 0.4) is 0 Å². The third-order valence-corrected chi connectivity index (χ3v) is 3.63. The number of aliphatic carboxylic acids is 1. The number of carbonyl (C=O) groups excluding carboxylic acids is 1. The maximum absolute atomic E-state index is 12.1. The van der Waals surface area contributed by atoms with Gasteiger partial charge in [0.05, 0.1) is 6.42 Å². The summed E-state index contributed by atoms with van der Waals surface area (Å²) in [7, 11) is 1.56. The Morgan fingerprint density at radius 2 is 2.06 bits per heavy atom. The molecule has 0 radical (unpaired) electrons. The molecule has 0 amide bonds. The van der Waals surface area contributed by atoms with Crippen molar-refractivity contribution in [1.82, 2.24) is 0 Å². The zero-order chi connectivity index (χ0) is 12.2. The van der Waals surface area contributed by atoms with Gasteiger partial charge in [0.1, 0.15) is 5.60 Å². The van der Waals surface area contributed by atoms with E-state index in [1.807, 2.05) is 6.92 Å². The molecule has 0 spiro atoms. The van der Waals surface area contributed by atoms with Gasteiger partial charge in [0, 0.05) is 13.5 Å². The topological polar surface area (TPSA) is 63.6 Å². The minimum absolute atomic E-state index is 0.0513. The molecule has 0 aromatic heterocycles. The predicted octanol–water partition coefficient (Wildman–Crippen LogP) is 2.02. The van der Waals surface area contributed by atoms with E-state index in [0.29, 0.717) is 0 Å². The fraction of sp³-hybridized carbons (Fsp3) is 0.833. The molecule has 0 saturated heterocycles. The monoisotopic (exact) mass is 228 g/mol. The molecule has 0 heterocycles. The Kier molecular flexibility index (Phi) is 4.47. The molecule has 2 atom stereocenters. The van der Waals surface area contributed by atoms with Crippen LogP contribution in [0.1, 0.15) is 45.4 Å². The summed E-state index contributed by atoms with van der Waals surface area (Å²) < 4.78 is 5.44. The highest BCUT2D eigenvalue weighted by atomic mass is 16.5. The molecule has 0 aromatic rings. The second-order valence-corrected chi connectivity index (χ2v) is 4.56. The highest BCUT2D eigenvalue weighted by molar-refractivity contribution is 5.90. The van der Waals surface area contributed by atoms with E-state index in [2.05, 4.69) is 0 Å². The van der Waals surface area contributed by atoms with E-state index in [9.17, 15) is 9.59 Å². The molecule has 1 aliphatic carbocycles. The standard InChI is InChI=1S/C12H20O4/c1-9-5-3-4-8-12(9,16-2)10(13)6-7-11(14)15/h9H,3-8H2,1-2H3,(H,14,15). The van der Waals surface area contributed by atoms with E-state index in [-0.39, 0.29) is 24.5 Å². The van der Waals surface area contributed by atoms with E-state index >= 15 is 0 Å². The Morgan fingerprint density at radius 1 is 1.38 bits per heavy atom. The zero-order valence-electron chi connectivity index (χ0n) is 9.99. The fourth-order valence-corrected chi connectivity index (χ4v) is 2.58. The third-order valence-electron chi connectivity index (χ3n) is 3.63. The normalized spacial score (nSPS) is 30.0. The number of ketones is 1. The summed E-state index contributed by atoms with van der Waals surface area (Å²) in [5.74, 6) is -0.791. The summed E-state index contributed by atoms with van der Waals surface area (Å²) in [4.78, 5) is 22.5. The van der Waals surface area contributed by atoms with Crippen LogP contribution < -0.4 is 0 Å². The van der Waals surface area contributed by atoms with Crippen LogP contribution in [0, 0.1) is 5.92 Å². The average molecular weight is 228 g/mol. The second-order valence-electron chi connectivity index (χ2n) is 4.56. The van der Waals surface area contributed by atoms with Crippen molar-refractivity contribution in [2.75, 3.05) is 7.11 Å². The summed E-state index contributed by atoms with van der Waals surface area (Å²) in [6.07, 6.45) is 3.79. The maximum Gasteiger partial charge on any atom is 0.303 e. The number of methoxy groups -OCH3 is 1. The van der Waals surface area contributed by atoms with Gasteiger partial charge in [0.2, 0.25) is 0 Å². The Labute approximate surface area is 96.0 Å². The lowest BCUT2D eigenvalue weighted by Gasteiger charge is -2.40. The lowest BCUT2D eigenvalue weighted by Crippen LogP contribution is -2.48. The lowest BCUT2D eigenvalue weighted by atomic mass is 9.73. The van der Waals surface area contributed by atoms with E-state index in [1.165, 1.54) is 0 Å². The minimum Gasteiger partial charge on any atom is -0.481 e. The fourth-order valence-electron chi connectivity index (χ4n) is 2.58. The minimum atomic E-state index is -0.928. The van der Waals surface area contributed by atoms with Gasteiger partial charge in [-0.05, 0) is 18.8 Å². The number of carbonyl (C=O) groups is 2. The molecule has 1 fully saturated rings. The van der Waals surface area contributed by atoms with Crippen LogP contribution in [-0.2, 0) is 14.3 Å². The van der Waals surface area contributed by atoms with Crippen LogP contribution in [0.2, 0.25) is 0 Å². The van der Waals surface area contributed by atoms with Crippen molar-refractivity contribution in [2.45, 2.75) is 51.0 Å². The van der Waals surface area contributed by atoms with Crippen molar-refractivity contribution < 1.29 is 19.4 Å². The molecule has 2 unspecified atom stereocenters. The van der Waals surface area contributed by atoms with Crippen molar-refractivity contribution in [1.29, 1.82) is 0 Å². The molecule has 1 saturated carbocycles. The molecule has 0 bridgehead atoms. The number of rotatable bonds is 5. The molecule has 1 rings (SSSR count). The van der Waals surface area contributed by atoms with E-state index < -0.39 is 11.6 Å². The maximum atomic E-state index is 12.1. The Hall–Kier alpha value is -0.900. The first kappa shape index (κ1) is 13.2. The summed E-state index contributed by atoms with van der Waals surface area (Å²) in [6, 6.07) is 0. The number of hydrogen-bond donors (Lipinski definition) is 1. The van der Waals surface area contributed by atoms with Crippen LogP contribution in [0.25, 0.3) is 0 Å². The van der Waals surface area contributed by atoms with Gasteiger partial charge in [0.15, 0.2) is 5.78 Å². The van der Waals surface area contributed by atoms with Gasteiger partial charge in [-0.25, -0.2) is 0 Å². The Balaban J connectivity index is 2.70. The predicted molar refractivity (Wildman–Crippen MR) is 59.2 cm³/mol. The van der Waals surface area contributed by atoms with Crippen LogP contribution in [-0.4, -0.2) is 29.6 Å². The van der Waals surface area contributed by atoms with Gasteiger partial charge in [-0.3, -0.25) is 9.59 Å². The molecule has 4 heteroatoms. The van der Waals surface area contributed by atoms with Gasteiger partial charge in [-0.1, -0.05) is 19.8 Å². The summed E-state index contributed by atoms with van der Waals surface area (Å²) in [5.41, 5.74) is -0.728. The molecule has 0 aromatic carbocycles. The Bertz CT molecular complexity index is 274. The third kappa shape index (κ3) is 2.61. The highest BCUT2D eigenvalue weighted by Crippen LogP contribution is 2.37. The van der Waals surface area contributed by atoms with E-state index in [1.54, 1.807) is 7.11 Å². The average Bonchev–Trinajstić information content (AvgIpc) is 2.27. The molecule has 92 valence electrons. The quantitative estimate of drug-likeness (QED) is 0.781. The number of carboxylic acid groups (broad SMARTS) is 1. The van der Waals surface area contributed by atoms with Crippen molar-refractivity contribution in [3.05, 3.63) is 0 Å². The smallest absolute Gasteiger partial charge is 0.303 e. The molecule has 1 N–H and O–H groups in total. The molecular formula is C12H20O4. The van der Waals surface area contributed by atoms with Crippen molar-refractivity contribution >= 4 is 11.8 Å². The number of ether oxygens (including phenoxy) is 1. The number of hydrogen-bond acceptors (Lipinski definition) is 3. The van der Waals surface area contributed by atoms with Gasteiger partial charge in [-0.15, -0.1) is 0 Å². The first-order chi connectivity index (χ1) is 7.53. The SMILES string of the molecule is COC1(C(=O)CCC(=O)O)CCCCC1C. The molecule has 0 aliphatic heterocycles. The van der Waals surface area contributed by atoms with Crippen molar-refractivity contribution in [2.24, 2.45) is 5.92 Å². The van der Waals surface area contributed by atoms with Crippen molar-refractivity contribution in [3.8, 4) is 0 Å². The summed E-state index contributed by atoms with van der Waals surface area (Å²) >= 11 is 0. The van der Waals surface area contributed by atoms with E-state index in [4.69, 9.17) is 9.84 Å². The molecule has 1 aliphatic rings. The first-order valence-electron chi connectivity index (χ1n) is 5.83. The van der Waals surface area contributed by atoms with Crippen LogP contribution >= 0.6 is 0 Å². The molecular weight excluding hydrogens is 208 g/mol. The Morgan fingerprint density at radius 3 is 2.56 bits per heavy atom. The van der Waals surface area contributed by atoms with Gasteiger partial charge >= 0.3 is 5.97 Å². The van der Waals surface area contributed by atoms with Crippen LogP contribution in [0.5, 0.6) is 0 Å². The largest absolute Gasteiger partial charge is 0.481 e. The van der Waals surface area contributed by atoms with Crippen LogP contribution in [0.15, 0.2) is 0 Å². The summed E-state index contributed by atoms with van der Waals surface area (Å²) in [6.45, 7) is 2.02. The first-order valence-corrected chi connectivity index (χ1v) is 5.83. The zero-order valence-corrected chi connectivity index (χ0v) is 9.99. The second kappa shape index (κ2) is 5.43. The number of Topliss-reactive ketones (excluding diaryl/α,β-unsaturated/α-hetero) is 1. The highest BCUT2D eigenvalue weighted by Gasteiger charge is 2.44. The molecule has 4 nitrogen and oxygen atoms in total. The summed E-state index contributed by atoms with van der Waals surface area (Å²) in [5, 5.41) is 8.59. The number of carboxylic acids is 1.